The van der Waals surface area contributed by atoms with Gasteiger partial charge in [-0.1, -0.05) is 6.07 Å². The zero-order valence-electron chi connectivity index (χ0n) is 10.9. The number of benzene rings is 2. The number of aromatic nitrogens is 2. The average Bonchev–Trinajstić information content (AvgIpc) is 2.94. The maximum absolute atomic E-state index is 12.2. The molecule has 0 atom stereocenters. The predicted octanol–water partition coefficient (Wildman–Crippen LogP) is 2.82. The summed E-state index contributed by atoms with van der Waals surface area (Å²) in [4.78, 5) is 19.3. The summed E-state index contributed by atoms with van der Waals surface area (Å²) in [7, 11) is 1.59. The van der Waals surface area contributed by atoms with E-state index in [1.165, 1.54) is 0 Å². The van der Waals surface area contributed by atoms with E-state index < -0.39 is 0 Å². The van der Waals surface area contributed by atoms with E-state index in [-0.39, 0.29) is 5.91 Å². The summed E-state index contributed by atoms with van der Waals surface area (Å²) in [6.07, 6.45) is 1.61. The normalized spacial score (nSPS) is 10.4. The molecular weight excluding hydrogens is 254 g/mol. The number of nitrogens with one attached hydrogen (secondary N) is 2. The van der Waals surface area contributed by atoms with Crippen LogP contribution in [-0.4, -0.2) is 23.0 Å². The highest BCUT2D eigenvalue weighted by atomic mass is 16.5. The Labute approximate surface area is 115 Å². The van der Waals surface area contributed by atoms with Crippen LogP contribution in [0.15, 0.2) is 48.8 Å². The number of fused-ring (bicyclic) bond motifs is 1. The van der Waals surface area contributed by atoms with Crippen LogP contribution in [0, 0.1) is 0 Å². The summed E-state index contributed by atoms with van der Waals surface area (Å²) in [5.74, 6) is 0.529. The van der Waals surface area contributed by atoms with Gasteiger partial charge in [0.05, 0.1) is 24.5 Å². The molecule has 0 aliphatic carbocycles. The highest BCUT2D eigenvalue weighted by molar-refractivity contribution is 6.05. The Morgan fingerprint density at radius 1 is 1.25 bits per heavy atom. The lowest BCUT2D eigenvalue weighted by Crippen LogP contribution is -2.11. The van der Waals surface area contributed by atoms with E-state index in [1.54, 1.807) is 31.6 Å². The largest absolute Gasteiger partial charge is 0.497 e. The second-order valence-electron chi connectivity index (χ2n) is 4.32. The minimum atomic E-state index is -0.172. The van der Waals surface area contributed by atoms with Crippen LogP contribution in [0.2, 0.25) is 0 Å². The first-order valence-electron chi connectivity index (χ1n) is 6.15. The number of ether oxygens (including phenoxy) is 1. The Hall–Kier alpha value is -2.82. The number of H-pyrrole nitrogens is 1. The van der Waals surface area contributed by atoms with Crippen LogP contribution >= 0.6 is 0 Å². The molecule has 0 aliphatic heterocycles. The van der Waals surface area contributed by atoms with Crippen LogP contribution in [-0.2, 0) is 0 Å². The molecule has 20 heavy (non-hydrogen) atoms. The molecule has 2 N–H and O–H groups in total. The van der Waals surface area contributed by atoms with Crippen molar-refractivity contribution in [3.05, 3.63) is 54.4 Å². The second-order valence-corrected chi connectivity index (χ2v) is 4.32. The van der Waals surface area contributed by atoms with Gasteiger partial charge in [0.15, 0.2) is 0 Å². The van der Waals surface area contributed by atoms with Crippen LogP contribution in [0.25, 0.3) is 11.0 Å². The quantitative estimate of drug-likeness (QED) is 0.766. The monoisotopic (exact) mass is 267 g/mol. The van der Waals surface area contributed by atoms with E-state index in [4.69, 9.17) is 4.74 Å². The number of carbonyl (C=O) groups is 1. The van der Waals surface area contributed by atoms with Crippen LogP contribution in [0.5, 0.6) is 5.75 Å². The maximum Gasteiger partial charge on any atom is 0.255 e. The molecule has 1 aromatic heterocycles. The Kier molecular flexibility index (Phi) is 3.09. The first kappa shape index (κ1) is 12.2. The van der Waals surface area contributed by atoms with E-state index in [1.807, 2.05) is 24.3 Å². The Morgan fingerprint density at radius 2 is 2.15 bits per heavy atom. The summed E-state index contributed by atoms with van der Waals surface area (Å²) in [5, 5.41) is 2.84. The van der Waals surface area contributed by atoms with Crippen LogP contribution in [0.3, 0.4) is 0 Å². The van der Waals surface area contributed by atoms with Gasteiger partial charge >= 0.3 is 0 Å². The zero-order valence-corrected chi connectivity index (χ0v) is 10.9. The van der Waals surface area contributed by atoms with Crippen LogP contribution in [0.1, 0.15) is 10.4 Å². The third kappa shape index (κ3) is 2.33. The molecule has 0 saturated heterocycles. The number of hydrogen-bond acceptors (Lipinski definition) is 3. The fourth-order valence-corrected chi connectivity index (χ4v) is 1.98. The fraction of sp³-hybridized carbons (Fsp3) is 0.0667. The maximum atomic E-state index is 12.2. The number of carbonyl (C=O) groups excluding carboxylic acids is 1. The third-order valence-corrected chi connectivity index (χ3v) is 3.01. The summed E-state index contributed by atoms with van der Waals surface area (Å²) >= 11 is 0. The SMILES string of the molecule is COc1cccc(NC(=O)c2ccc3nc[nH]c3c2)c1. The molecule has 0 saturated carbocycles. The van der Waals surface area contributed by atoms with Crippen molar-refractivity contribution < 1.29 is 9.53 Å². The molecule has 100 valence electrons. The van der Waals surface area contributed by atoms with Crippen LogP contribution in [0.4, 0.5) is 5.69 Å². The molecule has 3 rings (SSSR count). The van der Waals surface area contributed by atoms with Crippen molar-refractivity contribution in [2.45, 2.75) is 0 Å². The van der Waals surface area contributed by atoms with E-state index in [0.717, 1.165) is 11.0 Å². The molecule has 3 aromatic rings. The summed E-state index contributed by atoms with van der Waals surface area (Å²) in [6.45, 7) is 0. The molecule has 0 bridgehead atoms. The highest BCUT2D eigenvalue weighted by Gasteiger charge is 2.08. The predicted molar refractivity (Wildman–Crippen MR) is 77.0 cm³/mol. The van der Waals surface area contributed by atoms with Crippen molar-refractivity contribution in [2.24, 2.45) is 0 Å². The molecule has 5 nitrogen and oxygen atoms in total. The highest BCUT2D eigenvalue weighted by Crippen LogP contribution is 2.18. The molecule has 1 amide bonds. The molecule has 1 heterocycles. The molecule has 0 aliphatic rings. The van der Waals surface area contributed by atoms with Crippen molar-refractivity contribution in [1.29, 1.82) is 0 Å². The Balaban J connectivity index is 1.84. The number of aromatic amines is 1. The summed E-state index contributed by atoms with van der Waals surface area (Å²) < 4.78 is 5.12. The van der Waals surface area contributed by atoms with Crippen molar-refractivity contribution in [3.63, 3.8) is 0 Å². The first-order chi connectivity index (χ1) is 9.76. The number of imidazole rings is 1. The standard InChI is InChI=1S/C15H13N3O2/c1-20-12-4-2-3-11(8-12)18-15(19)10-5-6-13-14(7-10)17-9-16-13/h2-9H,1H3,(H,16,17)(H,18,19). The average molecular weight is 267 g/mol. The number of methoxy groups -OCH3 is 1. The van der Waals surface area contributed by atoms with Gasteiger partial charge in [-0.3, -0.25) is 4.79 Å². The third-order valence-electron chi connectivity index (χ3n) is 3.01. The van der Waals surface area contributed by atoms with Crippen LogP contribution < -0.4 is 10.1 Å². The van der Waals surface area contributed by atoms with E-state index in [0.29, 0.717) is 17.0 Å². The first-order valence-corrected chi connectivity index (χ1v) is 6.15. The van der Waals surface area contributed by atoms with Gasteiger partial charge in [-0.25, -0.2) is 4.98 Å². The minimum absolute atomic E-state index is 0.172. The topological polar surface area (TPSA) is 67.0 Å². The number of hydrogen-bond donors (Lipinski definition) is 2. The molecule has 0 spiro atoms. The summed E-state index contributed by atoms with van der Waals surface area (Å²) in [5.41, 5.74) is 2.94. The lowest BCUT2D eigenvalue weighted by molar-refractivity contribution is 0.102. The van der Waals surface area contributed by atoms with Gasteiger partial charge in [0.1, 0.15) is 5.75 Å². The van der Waals surface area contributed by atoms with Gasteiger partial charge in [-0.2, -0.15) is 0 Å². The molecule has 0 unspecified atom stereocenters. The molecule has 5 heteroatoms. The van der Waals surface area contributed by atoms with Gasteiger partial charge in [0.2, 0.25) is 0 Å². The van der Waals surface area contributed by atoms with Crippen molar-refractivity contribution in [3.8, 4) is 5.75 Å². The van der Waals surface area contributed by atoms with Gasteiger partial charge in [-0.15, -0.1) is 0 Å². The number of nitrogens with zero attached hydrogens (tertiary/aromatic N) is 1. The number of anilines is 1. The van der Waals surface area contributed by atoms with Gasteiger partial charge in [0.25, 0.3) is 5.91 Å². The van der Waals surface area contributed by atoms with Crippen molar-refractivity contribution in [1.82, 2.24) is 9.97 Å². The minimum Gasteiger partial charge on any atom is -0.497 e. The van der Waals surface area contributed by atoms with Crippen molar-refractivity contribution >= 4 is 22.6 Å². The number of rotatable bonds is 3. The molecule has 0 radical (unpaired) electrons. The van der Waals surface area contributed by atoms with E-state index >= 15 is 0 Å². The molecular formula is C15H13N3O2. The van der Waals surface area contributed by atoms with E-state index in [2.05, 4.69) is 15.3 Å². The number of amides is 1. The molecule has 2 aromatic carbocycles. The lowest BCUT2D eigenvalue weighted by atomic mass is 10.2. The van der Waals surface area contributed by atoms with E-state index in [9.17, 15) is 4.79 Å². The molecule has 0 fully saturated rings. The van der Waals surface area contributed by atoms with Gasteiger partial charge in [-0.05, 0) is 30.3 Å². The zero-order chi connectivity index (χ0) is 13.9. The second kappa shape index (κ2) is 5.05. The Morgan fingerprint density at radius 3 is 3.00 bits per heavy atom. The van der Waals surface area contributed by atoms with Crippen molar-refractivity contribution in [2.75, 3.05) is 12.4 Å². The fourth-order valence-electron chi connectivity index (χ4n) is 1.98. The Bertz CT molecular complexity index is 764. The summed E-state index contributed by atoms with van der Waals surface area (Å²) in [6, 6.07) is 12.6. The lowest BCUT2D eigenvalue weighted by Gasteiger charge is -2.07. The van der Waals surface area contributed by atoms with Gasteiger partial charge < -0.3 is 15.0 Å². The smallest absolute Gasteiger partial charge is 0.255 e. The van der Waals surface area contributed by atoms with Gasteiger partial charge in [0, 0.05) is 17.3 Å².